The quantitative estimate of drug-likeness (QED) is 0.705. The number of carbonyl (C=O) groups is 1. The Balaban J connectivity index is 1.96. The fourth-order valence-corrected chi connectivity index (χ4v) is 1.67. The third-order valence-corrected chi connectivity index (χ3v) is 2.59. The number of carbonyl (C=O) groups excluding carboxylic acids is 1. The zero-order chi connectivity index (χ0) is 10.7. The van der Waals surface area contributed by atoms with Gasteiger partial charge in [-0.05, 0) is 31.9 Å². The average molecular weight is 205 g/mol. The van der Waals surface area contributed by atoms with Crippen LogP contribution in [0.4, 0.5) is 4.79 Å². The summed E-state index contributed by atoms with van der Waals surface area (Å²) in [5.41, 5.74) is 1.16. The monoisotopic (exact) mass is 205 g/mol. The Hall–Kier alpha value is -1.51. The molecule has 1 heterocycles. The van der Waals surface area contributed by atoms with Gasteiger partial charge in [0.15, 0.2) is 0 Å². The second kappa shape index (κ2) is 4.34. The van der Waals surface area contributed by atoms with E-state index in [0.29, 0.717) is 5.75 Å². The summed E-state index contributed by atoms with van der Waals surface area (Å²) in [5, 5.41) is 0. The van der Waals surface area contributed by atoms with Gasteiger partial charge in [0.2, 0.25) is 0 Å². The van der Waals surface area contributed by atoms with Crippen LogP contribution in [0, 0.1) is 6.92 Å². The van der Waals surface area contributed by atoms with E-state index in [1.807, 2.05) is 31.2 Å². The summed E-state index contributed by atoms with van der Waals surface area (Å²) >= 11 is 0. The fraction of sp³-hybridized carbons (Fsp3) is 0.417. The normalized spacial score (nSPS) is 15.4. The van der Waals surface area contributed by atoms with E-state index in [9.17, 15) is 4.79 Å². The molecule has 3 nitrogen and oxygen atoms in total. The highest BCUT2D eigenvalue weighted by Crippen LogP contribution is 2.15. The van der Waals surface area contributed by atoms with E-state index < -0.39 is 0 Å². The molecule has 0 atom stereocenters. The van der Waals surface area contributed by atoms with Crippen LogP contribution < -0.4 is 4.74 Å². The van der Waals surface area contributed by atoms with Gasteiger partial charge in [0.25, 0.3) is 0 Å². The highest BCUT2D eigenvalue weighted by molar-refractivity contribution is 5.70. The van der Waals surface area contributed by atoms with Gasteiger partial charge in [0.1, 0.15) is 5.75 Å². The number of aryl methyl sites for hydroxylation is 1. The Morgan fingerprint density at radius 1 is 1.20 bits per heavy atom. The second-order valence-corrected chi connectivity index (χ2v) is 3.88. The van der Waals surface area contributed by atoms with Gasteiger partial charge in [0.05, 0.1) is 0 Å². The number of nitrogens with zero attached hydrogens (tertiary/aromatic N) is 1. The van der Waals surface area contributed by atoms with Crippen molar-refractivity contribution in [2.24, 2.45) is 0 Å². The summed E-state index contributed by atoms with van der Waals surface area (Å²) in [6.07, 6.45) is 1.95. The number of hydrogen-bond donors (Lipinski definition) is 0. The minimum absolute atomic E-state index is 0.226. The maximum Gasteiger partial charge on any atom is 0.415 e. The molecule has 1 amide bonds. The number of likely N-dealkylation sites (tertiary alicyclic amines) is 1. The molecule has 0 bridgehead atoms. The van der Waals surface area contributed by atoms with Crippen LogP contribution in [-0.4, -0.2) is 24.1 Å². The summed E-state index contributed by atoms with van der Waals surface area (Å²) in [6, 6.07) is 7.52. The minimum atomic E-state index is -0.226. The summed E-state index contributed by atoms with van der Waals surface area (Å²) in [5.74, 6) is 0.623. The molecule has 0 spiro atoms. The molecule has 0 saturated carbocycles. The first-order chi connectivity index (χ1) is 7.25. The molecule has 0 aliphatic carbocycles. The molecule has 3 heteroatoms. The number of rotatable bonds is 1. The summed E-state index contributed by atoms with van der Waals surface area (Å²) in [4.78, 5) is 13.4. The van der Waals surface area contributed by atoms with Gasteiger partial charge in [-0.1, -0.05) is 17.7 Å². The van der Waals surface area contributed by atoms with E-state index in [4.69, 9.17) is 4.74 Å². The van der Waals surface area contributed by atoms with Crippen molar-refractivity contribution in [1.29, 1.82) is 0 Å². The molecule has 1 fully saturated rings. The van der Waals surface area contributed by atoms with Crippen molar-refractivity contribution in [3.05, 3.63) is 29.8 Å². The summed E-state index contributed by atoms with van der Waals surface area (Å²) < 4.78 is 5.24. The maximum atomic E-state index is 11.6. The van der Waals surface area contributed by atoms with Gasteiger partial charge >= 0.3 is 6.09 Å². The third kappa shape index (κ3) is 2.49. The van der Waals surface area contributed by atoms with E-state index in [1.54, 1.807) is 4.90 Å². The van der Waals surface area contributed by atoms with Gasteiger partial charge in [-0.3, -0.25) is 0 Å². The van der Waals surface area contributed by atoms with E-state index in [0.717, 1.165) is 31.5 Å². The van der Waals surface area contributed by atoms with Crippen molar-refractivity contribution in [3.63, 3.8) is 0 Å². The lowest BCUT2D eigenvalue weighted by Crippen LogP contribution is -2.30. The fourth-order valence-electron chi connectivity index (χ4n) is 1.67. The highest BCUT2D eigenvalue weighted by atomic mass is 16.6. The van der Waals surface area contributed by atoms with Crippen LogP contribution in [-0.2, 0) is 0 Å². The van der Waals surface area contributed by atoms with Crippen LogP contribution in [0.25, 0.3) is 0 Å². The molecule has 0 N–H and O–H groups in total. The first-order valence-electron chi connectivity index (χ1n) is 5.29. The van der Waals surface area contributed by atoms with Crippen LogP contribution in [0.15, 0.2) is 24.3 Å². The number of ether oxygens (including phenoxy) is 1. The van der Waals surface area contributed by atoms with Crippen molar-refractivity contribution in [2.45, 2.75) is 19.8 Å². The lowest BCUT2D eigenvalue weighted by Gasteiger charge is -2.14. The zero-order valence-corrected chi connectivity index (χ0v) is 8.90. The van der Waals surface area contributed by atoms with Crippen molar-refractivity contribution in [2.75, 3.05) is 13.1 Å². The Bertz CT molecular complexity index is 339. The molecule has 80 valence electrons. The minimum Gasteiger partial charge on any atom is -0.410 e. The molecule has 1 aliphatic heterocycles. The van der Waals surface area contributed by atoms with E-state index >= 15 is 0 Å². The topological polar surface area (TPSA) is 29.5 Å². The van der Waals surface area contributed by atoms with E-state index in [2.05, 4.69) is 0 Å². The molecular formula is C12H15NO2. The van der Waals surface area contributed by atoms with Crippen molar-refractivity contribution in [3.8, 4) is 5.75 Å². The molecule has 1 saturated heterocycles. The van der Waals surface area contributed by atoms with Gasteiger partial charge in [0, 0.05) is 13.1 Å². The first kappa shape index (κ1) is 10.0. The molecule has 15 heavy (non-hydrogen) atoms. The molecule has 0 unspecified atom stereocenters. The standard InChI is InChI=1S/C12H15NO2/c1-10-4-6-11(7-5-10)15-12(14)13-8-2-3-9-13/h4-7H,2-3,8-9H2,1H3. The smallest absolute Gasteiger partial charge is 0.410 e. The largest absolute Gasteiger partial charge is 0.415 e. The summed E-state index contributed by atoms with van der Waals surface area (Å²) in [6.45, 7) is 3.65. The predicted molar refractivity (Wildman–Crippen MR) is 58.0 cm³/mol. The van der Waals surface area contributed by atoms with Gasteiger partial charge in [-0.2, -0.15) is 0 Å². The number of benzene rings is 1. The van der Waals surface area contributed by atoms with Crippen LogP contribution >= 0.6 is 0 Å². The predicted octanol–water partition coefficient (Wildman–Crippen LogP) is 2.59. The molecule has 1 aromatic rings. The van der Waals surface area contributed by atoms with Crippen LogP contribution in [0.5, 0.6) is 5.75 Å². The molecule has 1 aliphatic rings. The zero-order valence-electron chi connectivity index (χ0n) is 8.90. The lowest BCUT2D eigenvalue weighted by molar-refractivity contribution is 0.163. The molecule has 2 rings (SSSR count). The Kier molecular flexibility index (Phi) is 2.90. The number of hydrogen-bond acceptors (Lipinski definition) is 2. The Morgan fingerprint density at radius 2 is 1.80 bits per heavy atom. The van der Waals surface area contributed by atoms with Crippen LogP contribution in [0.3, 0.4) is 0 Å². The van der Waals surface area contributed by atoms with Gasteiger partial charge in [-0.25, -0.2) is 4.79 Å². The molecule has 0 aromatic heterocycles. The molecule has 0 radical (unpaired) electrons. The highest BCUT2D eigenvalue weighted by Gasteiger charge is 2.19. The van der Waals surface area contributed by atoms with Crippen molar-refractivity contribution >= 4 is 6.09 Å². The summed E-state index contributed by atoms with van der Waals surface area (Å²) in [7, 11) is 0. The van der Waals surface area contributed by atoms with Crippen molar-refractivity contribution < 1.29 is 9.53 Å². The van der Waals surface area contributed by atoms with E-state index in [1.165, 1.54) is 0 Å². The Labute approximate surface area is 89.7 Å². The average Bonchev–Trinajstić information content (AvgIpc) is 2.74. The van der Waals surface area contributed by atoms with Gasteiger partial charge in [-0.15, -0.1) is 0 Å². The Morgan fingerprint density at radius 3 is 2.40 bits per heavy atom. The first-order valence-corrected chi connectivity index (χ1v) is 5.29. The van der Waals surface area contributed by atoms with Crippen LogP contribution in [0.2, 0.25) is 0 Å². The molecular weight excluding hydrogens is 190 g/mol. The van der Waals surface area contributed by atoms with Crippen LogP contribution in [0.1, 0.15) is 18.4 Å². The molecule has 1 aromatic carbocycles. The third-order valence-electron chi connectivity index (χ3n) is 2.59. The maximum absolute atomic E-state index is 11.6. The van der Waals surface area contributed by atoms with E-state index in [-0.39, 0.29) is 6.09 Å². The lowest BCUT2D eigenvalue weighted by atomic mass is 10.2. The second-order valence-electron chi connectivity index (χ2n) is 3.88. The number of amides is 1. The van der Waals surface area contributed by atoms with Gasteiger partial charge < -0.3 is 9.64 Å². The SMILES string of the molecule is Cc1ccc(OC(=O)N2CCCC2)cc1. The van der Waals surface area contributed by atoms with Crippen molar-refractivity contribution in [1.82, 2.24) is 4.90 Å².